The Labute approximate surface area is 250 Å². The standard InChI is InChI=1S/C32H30ClN3O5S/c33-26-19-24(15-16-30(26)41-17-9-1-2-10-18-42(38,39)40)21-28-32(37)36-22-29(25-13-7-4-8-14-25)34-27(31(36)35-28)20-23-11-5-3-6-12-23/h3-8,11-16,19,21-22H,1-2,9-10,17-18,20H2,(H,38,39,40). The number of amides is 1. The van der Waals surface area contributed by atoms with Gasteiger partial charge in [0, 0.05) is 18.2 Å². The number of hydrogen-bond donors (Lipinski definition) is 1. The number of carbonyl (C=O) groups excluding carboxylic acids is 1. The van der Waals surface area contributed by atoms with Gasteiger partial charge >= 0.3 is 0 Å². The van der Waals surface area contributed by atoms with Crippen molar-refractivity contribution in [2.45, 2.75) is 32.1 Å². The summed E-state index contributed by atoms with van der Waals surface area (Å²) in [7, 11) is -3.91. The predicted molar refractivity (Wildman–Crippen MR) is 166 cm³/mol. The molecule has 0 aliphatic carbocycles. The number of nitrogens with zero attached hydrogens (tertiary/aromatic N) is 3. The maximum atomic E-state index is 13.5. The van der Waals surface area contributed by atoms with Crippen LogP contribution < -0.4 is 4.74 Å². The normalized spacial score (nSPS) is 15.8. The van der Waals surface area contributed by atoms with Crippen LogP contribution in [0, 0.1) is 0 Å². The van der Waals surface area contributed by atoms with Gasteiger partial charge in [-0.05, 0) is 42.2 Å². The first-order valence-corrected chi connectivity index (χ1v) is 15.7. The summed E-state index contributed by atoms with van der Waals surface area (Å²) in [5.74, 6) is 0.557. The number of unbranched alkanes of at least 4 members (excludes halogenated alkanes) is 3. The van der Waals surface area contributed by atoms with Crippen LogP contribution >= 0.6 is 11.6 Å². The van der Waals surface area contributed by atoms with Crippen molar-refractivity contribution in [2.24, 2.45) is 9.98 Å². The molecule has 216 valence electrons. The van der Waals surface area contributed by atoms with Gasteiger partial charge in [0.05, 0.1) is 28.8 Å². The molecule has 42 heavy (non-hydrogen) atoms. The van der Waals surface area contributed by atoms with Crippen molar-refractivity contribution in [1.82, 2.24) is 4.90 Å². The molecule has 3 aromatic carbocycles. The first-order valence-electron chi connectivity index (χ1n) is 13.7. The summed E-state index contributed by atoms with van der Waals surface area (Å²) in [6.45, 7) is 0.423. The van der Waals surface area contributed by atoms with E-state index in [1.165, 1.54) is 0 Å². The molecule has 0 spiro atoms. The average molecular weight is 604 g/mol. The second-order valence-corrected chi connectivity index (χ2v) is 12.0. The Bertz CT molecular complexity index is 1680. The Kier molecular flexibility index (Phi) is 9.31. The molecule has 2 aliphatic heterocycles. The summed E-state index contributed by atoms with van der Waals surface area (Å²) in [5.41, 5.74) is 4.37. The average Bonchev–Trinajstić information content (AvgIpc) is 3.29. The Morgan fingerprint density at radius 1 is 0.905 bits per heavy atom. The monoisotopic (exact) mass is 603 g/mol. The molecule has 0 aromatic heterocycles. The number of benzene rings is 3. The zero-order valence-corrected chi connectivity index (χ0v) is 24.4. The minimum absolute atomic E-state index is 0.228. The molecule has 0 radical (unpaired) electrons. The van der Waals surface area contributed by atoms with E-state index in [0.717, 1.165) is 24.0 Å². The van der Waals surface area contributed by atoms with Crippen LogP contribution in [-0.4, -0.2) is 47.7 Å². The van der Waals surface area contributed by atoms with E-state index in [1.54, 1.807) is 29.3 Å². The molecule has 0 bridgehead atoms. The Morgan fingerprint density at radius 2 is 1.62 bits per heavy atom. The molecule has 5 rings (SSSR count). The van der Waals surface area contributed by atoms with Gasteiger partial charge in [-0.15, -0.1) is 0 Å². The fraction of sp³-hybridized carbons (Fsp3) is 0.219. The van der Waals surface area contributed by atoms with Crippen LogP contribution in [-0.2, 0) is 21.3 Å². The van der Waals surface area contributed by atoms with Crippen molar-refractivity contribution in [3.63, 3.8) is 0 Å². The third-order valence-corrected chi connectivity index (χ3v) is 7.85. The molecule has 8 nitrogen and oxygen atoms in total. The molecular formula is C32H30ClN3O5S. The lowest BCUT2D eigenvalue weighted by molar-refractivity contribution is -0.120. The largest absolute Gasteiger partial charge is 0.492 e. The van der Waals surface area contributed by atoms with Crippen LogP contribution in [0.15, 0.2) is 101 Å². The molecule has 0 saturated carbocycles. The third kappa shape index (κ3) is 7.61. The minimum atomic E-state index is -3.91. The van der Waals surface area contributed by atoms with Gasteiger partial charge in [0.25, 0.3) is 16.0 Å². The summed E-state index contributed by atoms with van der Waals surface area (Å²) in [5, 5.41) is 0.407. The number of hydrogen-bond acceptors (Lipinski definition) is 6. The van der Waals surface area contributed by atoms with Crippen molar-refractivity contribution >= 4 is 50.9 Å². The summed E-state index contributed by atoms with van der Waals surface area (Å²) in [6.07, 6.45) is 6.54. The second-order valence-electron chi connectivity index (χ2n) is 9.98. The highest BCUT2D eigenvalue weighted by atomic mass is 35.5. The van der Waals surface area contributed by atoms with Crippen LogP contribution in [0.5, 0.6) is 5.75 Å². The van der Waals surface area contributed by atoms with Gasteiger partial charge in [0.1, 0.15) is 11.4 Å². The summed E-state index contributed by atoms with van der Waals surface area (Å²) in [4.78, 5) is 24.7. The zero-order chi connectivity index (χ0) is 29.5. The van der Waals surface area contributed by atoms with E-state index in [1.807, 2.05) is 66.7 Å². The lowest BCUT2D eigenvalue weighted by atomic mass is 10.1. The van der Waals surface area contributed by atoms with Crippen LogP contribution in [0.4, 0.5) is 0 Å². The summed E-state index contributed by atoms with van der Waals surface area (Å²) in [6, 6.07) is 25.0. The van der Waals surface area contributed by atoms with E-state index < -0.39 is 10.1 Å². The van der Waals surface area contributed by atoms with Gasteiger partial charge < -0.3 is 4.74 Å². The van der Waals surface area contributed by atoms with E-state index in [2.05, 4.69) is 0 Å². The number of ether oxygens (including phenoxy) is 1. The Hall–Kier alpha value is -4.05. The molecule has 2 heterocycles. The first-order chi connectivity index (χ1) is 20.3. The maximum absolute atomic E-state index is 13.5. The Balaban J connectivity index is 1.30. The fourth-order valence-corrected chi connectivity index (χ4v) is 5.47. The SMILES string of the molecule is O=C1C(=Cc2ccc(OCCCCCCS(=O)(=O)O)c(Cl)c2)N=C2C(Cc3ccccc3)=NC(c3ccccc3)=CN12. The summed E-state index contributed by atoms with van der Waals surface area (Å²) < 4.78 is 36.2. The predicted octanol–water partition coefficient (Wildman–Crippen LogP) is 6.44. The molecule has 0 atom stereocenters. The van der Waals surface area contributed by atoms with Gasteiger partial charge in [-0.1, -0.05) is 91.2 Å². The minimum Gasteiger partial charge on any atom is -0.492 e. The number of carbonyl (C=O) groups is 1. The molecule has 3 aromatic rings. The molecule has 1 N–H and O–H groups in total. The molecule has 1 amide bonds. The zero-order valence-electron chi connectivity index (χ0n) is 22.8. The van der Waals surface area contributed by atoms with Crippen molar-refractivity contribution in [2.75, 3.05) is 12.4 Å². The van der Waals surface area contributed by atoms with Crippen molar-refractivity contribution < 1.29 is 22.5 Å². The second kappa shape index (κ2) is 13.3. The first kappa shape index (κ1) is 29.4. The maximum Gasteiger partial charge on any atom is 0.282 e. The Morgan fingerprint density at radius 3 is 2.33 bits per heavy atom. The van der Waals surface area contributed by atoms with Crippen molar-refractivity contribution in [1.29, 1.82) is 0 Å². The quantitative estimate of drug-likeness (QED) is 0.145. The van der Waals surface area contributed by atoms with Gasteiger partial charge in [0.15, 0.2) is 5.84 Å². The third-order valence-electron chi connectivity index (χ3n) is 6.75. The number of halogens is 1. The number of aliphatic imine (C=N–C) groups is 2. The highest BCUT2D eigenvalue weighted by molar-refractivity contribution is 7.85. The van der Waals surface area contributed by atoms with E-state index in [4.69, 9.17) is 30.9 Å². The highest BCUT2D eigenvalue weighted by Gasteiger charge is 2.35. The lowest BCUT2D eigenvalue weighted by Gasteiger charge is -2.21. The van der Waals surface area contributed by atoms with E-state index >= 15 is 0 Å². The van der Waals surface area contributed by atoms with Crippen LogP contribution in [0.2, 0.25) is 5.02 Å². The molecular weight excluding hydrogens is 574 g/mol. The van der Waals surface area contributed by atoms with Crippen LogP contribution in [0.25, 0.3) is 11.8 Å². The molecule has 10 heteroatoms. The van der Waals surface area contributed by atoms with Gasteiger partial charge in [-0.25, -0.2) is 9.98 Å². The van der Waals surface area contributed by atoms with Crippen LogP contribution in [0.1, 0.15) is 42.4 Å². The van der Waals surface area contributed by atoms with Crippen molar-refractivity contribution in [3.05, 3.63) is 112 Å². The van der Waals surface area contributed by atoms with Crippen LogP contribution in [0.3, 0.4) is 0 Å². The van der Waals surface area contributed by atoms with Gasteiger partial charge in [0.2, 0.25) is 0 Å². The molecule has 2 aliphatic rings. The molecule has 0 fully saturated rings. The van der Waals surface area contributed by atoms with Crippen molar-refractivity contribution in [3.8, 4) is 5.75 Å². The number of amidine groups is 1. The molecule has 0 saturated heterocycles. The van der Waals surface area contributed by atoms with E-state index in [9.17, 15) is 13.2 Å². The highest BCUT2D eigenvalue weighted by Crippen LogP contribution is 2.31. The van der Waals surface area contributed by atoms with Gasteiger partial charge in [-0.3, -0.25) is 14.2 Å². The number of fused-ring (bicyclic) bond motifs is 1. The van der Waals surface area contributed by atoms with E-state index in [-0.39, 0.29) is 17.4 Å². The topological polar surface area (TPSA) is 109 Å². The molecule has 0 unspecified atom stereocenters. The lowest BCUT2D eigenvalue weighted by Crippen LogP contribution is -2.36. The fourth-order valence-electron chi connectivity index (χ4n) is 4.66. The summed E-state index contributed by atoms with van der Waals surface area (Å²) >= 11 is 6.48. The van der Waals surface area contributed by atoms with Gasteiger partial charge in [-0.2, -0.15) is 8.42 Å². The smallest absolute Gasteiger partial charge is 0.282 e. The number of rotatable bonds is 12. The van der Waals surface area contributed by atoms with E-state index in [0.29, 0.717) is 59.4 Å².